The zero-order valence-electron chi connectivity index (χ0n) is 17.5. The molecule has 1 amide bonds. The number of amides is 1. The highest BCUT2D eigenvalue weighted by molar-refractivity contribution is 5.85. The van der Waals surface area contributed by atoms with Crippen LogP contribution in [0.25, 0.3) is 0 Å². The predicted octanol–water partition coefficient (Wildman–Crippen LogP) is 4.70. The van der Waals surface area contributed by atoms with E-state index in [1.165, 1.54) is 19.3 Å². The van der Waals surface area contributed by atoms with Crippen LogP contribution in [0.4, 0.5) is 10.5 Å². The maximum Gasteiger partial charge on any atom is 0.412 e. The Morgan fingerprint density at radius 2 is 2.00 bits per heavy atom. The lowest BCUT2D eigenvalue weighted by Crippen LogP contribution is -2.41. The van der Waals surface area contributed by atoms with Crippen molar-refractivity contribution >= 4 is 11.8 Å². The number of anilines is 1. The van der Waals surface area contributed by atoms with Crippen LogP contribution in [-0.4, -0.2) is 56.6 Å². The zero-order chi connectivity index (χ0) is 20.0. The molecule has 0 spiro atoms. The molecule has 6 nitrogen and oxygen atoms in total. The summed E-state index contributed by atoms with van der Waals surface area (Å²) in [6.07, 6.45) is 6.32. The molecule has 0 radical (unpaired) electrons. The fourth-order valence-electron chi connectivity index (χ4n) is 3.31. The summed E-state index contributed by atoms with van der Waals surface area (Å²) in [4.78, 5) is 14.7. The number of carbonyl (C=O) groups excluding carboxylic acids is 1. The lowest BCUT2D eigenvalue weighted by atomic mass is 10.1. The van der Waals surface area contributed by atoms with E-state index < -0.39 is 6.09 Å². The number of hydrogen-bond donors (Lipinski definition) is 1. The molecule has 0 bridgehead atoms. The lowest BCUT2D eigenvalue weighted by Gasteiger charge is -2.30. The molecule has 0 saturated carbocycles. The Labute approximate surface area is 169 Å². The fourth-order valence-corrected chi connectivity index (χ4v) is 3.31. The van der Waals surface area contributed by atoms with Crippen LogP contribution in [0, 0.1) is 0 Å². The van der Waals surface area contributed by atoms with Crippen LogP contribution in [0.15, 0.2) is 24.3 Å². The van der Waals surface area contributed by atoms with Crippen LogP contribution in [0.5, 0.6) is 5.75 Å². The summed E-state index contributed by atoms with van der Waals surface area (Å²) >= 11 is 0. The van der Waals surface area contributed by atoms with Gasteiger partial charge in [0.2, 0.25) is 0 Å². The number of nitrogens with zero attached hydrogens (tertiary/aromatic N) is 1. The van der Waals surface area contributed by atoms with E-state index in [-0.39, 0.29) is 6.10 Å². The van der Waals surface area contributed by atoms with Gasteiger partial charge in [0.1, 0.15) is 11.9 Å². The molecule has 1 aromatic carbocycles. The van der Waals surface area contributed by atoms with Gasteiger partial charge in [-0.25, -0.2) is 4.79 Å². The summed E-state index contributed by atoms with van der Waals surface area (Å²) < 4.78 is 16.9. The number of unbranched alkanes of at least 4 members (excludes halogenated alkanes) is 2. The third kappa shape index (κ3) is 8.93. The molecule has 0 aliphatic carbocycles. The second-order valence-corrected chi connectivity index (χ2v) is 7.26. The minimum atomic E-state index is -0.454. The molecular weight excluding hydrogens is 356 g/mol. The first kappa shape index (κ1) is 22.5. The molecule has 1 aliphatic heterocycles. The van der Waals surface area contributed by atoms with E-state index in [2.05, 4.69) is 17.1 Å². The first-order valence-electron chi connectivity index (χ1n) is 10.7. The Bertz CT molecular complexity index is 561. The largest absolute Gasteiger partial charge is 0.494 e. The maximum absolute atomic E-state index is 12.4. The Morgan fingerprint density at radius 1 is 1.18 bits per heavy atom. The van der Waals surface area contributed by atoms with Crippen LogP contribution in [0.2, 0.25) is 0 Å². The van der Waals surface area contributed by atoms with Crippen molar-refractivity contribution < 1.29 is 19.0 Å². The topological polar surface area (TPSA) is 60.0 Å². The first-order chi connectivity index (χ1) is 13.7. The monoisotopic (exact) mass is 392 g/mol. The van der Waals surface area contributed by atoms with Gasteiger partial charge in [-0.2, -0.15) is 0 Å². The third-order valence-electron chi connectivity index (χ3n) is 4.79. The van der Waals surface area contributed by atoms with Crippen LogP contribution in [0.1, 0.15) is 52.4 Å². The molecule has 1 heterocycles. The second kappa shape index (κ2) is 13.4. The highest BCUT2D eigenvalue weighted by Crippen LogP contribution is 2.18. The molecule has 6 heteroatoms. The number of ether oxygens (including phenoxy) is 3. The molecule has 1 fully saturated rings. The lowest BCUT2D eigenvalue weighted by molar-refractivity contribution is 0.00821. The number of likely N-dealkylation sites (tertiary alicyclic amines) is 1. The van der Waals surface area contributed by atoms with Gasteiger partial charge in [0, 0.05) is 24.9 Å². The quantitative estimate of drug-likeness (QED) is 0.523. The Balaban J connectivity index is 1.83. The minimum absolute atomic E-state index is 0.272. The van der Waals surface area contributed by atoms with Gasteiger partial charge in [0.25, 0.3) is 0 Å². The molecule has 2 rings (SSSR count). The average Bonchev–Trinajstić information content (AvgIpc) is 2.70. The minimum Gasteiger partial charge on any atom is -0.494 e. The third-order valence-corrected chi connectivity index (χ3v) is 4.79. The van der Waals surface area contributed by atoms with Crippen molar-refractivity contribution in [1.29, 1.82) is 0 Å². The van der Waals surface area contributed by atoms with E-state index in [0.29, 0.717) is 32.1 Å². The molecule has 158 valence electrons. The van der Waals surface area contributed by atoms with E-state index >= 15 is 0 Å². The number of carbonyl (C=O) groups is 1. The van der Waals surface area contributed by atoms with Crippen LogP contribution in [0.3, 0.4) is 0 Å². The number of piperidine rings is 1. The van der Waals surface area contributed by atoms with Gasteiger partial charge in [-0.1, -0.05) is 32.3 Å². The summed E-state index contributed by atoms with van der Waals surface area (Å²) in [7, 11) is 0. The Morgan fingerprint density at radius 3 is 2.75 bits per heavy atom. The number of hydrogen-bond acceptors (Lipinski definition) is 5. The maximum atomic E-state index is 12.4. The van der Waals surface area contributed by atoms with Crippen molar-refractivity contribution in [2.24, 2.45) is 0 Å². The van der Waals surface area contributed by atoms with Crippen molar-refractivity contribution in [1.82, 2.24) is 4.90 Å². The zero-order valence-corrected chi connectivity index (χ0v) is 17.5. The molecule has 0 aromatic heterocycles. The molecule has 1 N–H and O–H groups in total. The molecule has 1 unspecified atom stereocenters. The summed E-state index contributed by atoms with van der Waals surface area (Å²) in [6.45, 7) is 8.67. The smallest absolute Gasteiger partial charge is 0.412 e. The predicted molar refractivity (Wildman–Crippen MR) is 112 cm³/mol. The highest BCUT2D eigenvalue weighted by atomic mass is 16.6. The van der Waals surface area contributed by atoms with Gasteiger partial charge in [0.05, 0.1) is 13.2 Å². The summed E-state index contributed by atoms with van der Waals surface area (Å²) in [5.41, 5.74) is 0.672. The highest BCUT2D eigenvalue weighted by Gasteiger charge is 2.20. The molecular formula is C22H36N2O4. The van der Waals surface area contributed by atoms with E-state index in [1.807, 2.05) is 31.2 Å². The molecule has 1 aromatic rings. The molecule has 1 saturated heterocycles. The van der Waals surface area contributed by atoms with Gasteiger partial charge < -0.3 is 14.2 Å². The first-order valence-corrected chi connectivity index (χ1v) is 10.7. The summed E-state index contributed by atoms with van der Waals surface area (Å²) in [6, 6.07) is 7.44. The molecule has 1 aliphatic rings. The standard InChI is InChI=1S/C22H36N2O4/c1-3-5-9-15-27-20-12-10-11-19(16-20)23-22(25)28-21(18-26-4-2)17-24-13-7-6-8-14-24/h10-12,16,21H,3-9,13-15,17-18H2,1-2H3,(H,23,25). The van der Waals surface area contributed by atoms with Gasteiger partial charge in [-0.05, 0) is 51.4 Å². The van der Waals surface area contributed by atoms with Crippen molar-refractivity contribution in [2.75, 3.05) is 44.8 Å². The number of benzene rings is 1. The van der Waals surface area contributed by atoms with E-state index in [0.717, 1.165) is 38.1 Å². The SMILES string of the molecule is CCCCCOc1cccc(NC(=O)OC(COCC)CN2CCCCC2)c1. The Hall–Kier alpha value is -1.79. The van der Waals surface area contributed by atoms with Gasteiger partial charge in [-0.15, -0.1) is 0 Å². The fraction of sp³-hybridized carbons (Fsp3) is 0.682. The van der Waals surface area contributed by atoms with E-state index in [1.54, 1.807) is 0 Å². The Kier molecular flexibility index (Phi) is 10.8. The van der Waals surface area contributed by atoms with E-state index in [4.69, 9.17) is 14.2 Å². The van der Waals surface area contributed by atoms with Gasteiger partial charge in [0.15, 0.2) is 0 Å². The van der Waals surface area contributed by atoms with Crippen LogP contribution >= 0.6 is 0 Å². The van der Waals surface area contributed by atoms with Crippen molar-refractivity contribution in [3.05, 3.63) is 24.3 Å². The van der Waals surface area contributed by atoms with Crippen molar-refractivity contribution in [2.45, 2.75) is 58.5 Å². The molecule has 1 atom stereocenters. The summed E-state index contributed by atoms with van der Waals surface area (Å²) in [5, 5.41) is 2.81. The van der Waals surface area contributed by atoms with Crippen LogP contribution < -0.4 is 10.1 Å². The van der Waals surface area contributed by atoms with E-state index in [9.17, 15) is 4.79 Å². The van der Waals surface area contributed by atoms with Crippen LogP contribution in [-0.2, 0) is 9.47 Å². The number of rotatable bonds is 12. The van der Waals surface area contributed by atoms with Crippen molar-refractivity contribution in [3.63, 3.8) is 0 Å². The average molecular weight is 393 g/mol. The van der Waals surface area contributed by atoms with Gasteiger partial charge >= 0.3 is 6.09 Å². The second-order valence-electron chi connectivity index (χ2n) is 7.26. The molecule has 28 heavy (non-hydrogen) atoms. The normalized spacial score (nSPS) is 15.8. The number of nitrogens with one attached hydrogen (secondary N) is 1. The van der Waals surface area contributed by atoms with Gasteiger partial charge in [-0.3, -0.25) is 10.2 Å². The summed E-state index contributed by atoms with van der Waals surface area (Å²) in [5.74, 6) is 0.757. The van der Waals surface area contributed by atoms with Crippen molar-refractivity contribution in [3.8, 4) is 5.75 Å².